The topological polar surface area (TPSA) is 43.1 Å². The van der Waals surface area contributed by atoms with Gasteiger partial charge in [0.15, 0.2) is 0 Å². The number of hydrogen-bond donors (Lipinski definition) is 0. The average molecular weight is 285 g/mol. The van der Waals surface area contributed by atoms with Gasteiger partial charge in [0.25, 0.3) is 0 Å². The molecule has 0 saturated carbocycles. The van der Waals surface area contributed by atoms with Gasteiger partial charge in [0.05, 0.1) is 17.7 Å². The van der Waals surface area contributed by atoms with Crippen molar-refractivity contribution < 1.29 is 9.21 Å². The van der Waals surface area contributed by atoms with Gasteiger partial charge in [-0.25, -0.2) is 4.98 Å². The monoisotopic (exact) mass is 285 g/mol. The summed E-state index contributed by atoms with van der Waals surface area (Å²) < 4.78 is 5.56. The molecule has 0 spiro atoms. The molecule has 4 heteroatoms. The molecule has 0 saturated heterocycles. The molecule has 102 valence electrons. The lowest BCUT2D eigenvalue weighted by molar-refractivity contribution is -0.117. The second-order valence-electron chi connectivity index (χ2n) is 4.76. The van der Waals surface area contributed by atoms with Gasteiger partial charge in [0, 0.05) is 28.9 Å². The Labute approximate surface area is 121 Å². The first kappa shape index (κ1) is 13.1. The fourth-order valence-electron chi connectivity index (χ4n) is 2.27. The van der Waals surface area contributed by atoms with Gasteiger partial charge in [0.2, 0.25) is 0 Å². The Hall–Kier alpha value is -1.94. The molecule has 0 aliphatic rings. The number of carbonyl (C=O) groups excluding carboxylic acids is 1. The number of thiazole rings is 1. The highest BCUT2D eigenvalue weighted by Crippen LogP contribution is 2.23. The lowest BCUT2D eigenvalue weighted by atomic mass is 10.0. The molecule has 1 aromatic carbocycles. The highest BCUT2D eigenvalue weighted by Gasteiger charge is 2.12. The van der Waals surface area contributed by atoms with Crippen LogP contribution in [0.25, 0.3) is 11.0 Å². The second kappa shape index (κ2) is 5.59. The smallest absolute Gasteiger partial charge is 0.144 e. The maximum absolute atomic E-state index is 12.1. The summed E-state index contributed by atoms with van der Waals surface area (Å²) >= 11 is 1.52. The molecule has 0 amide bonds. The highest BCUT2D eigenvalue weighted by molar-refractivity contribution is 7.09. The summed E-state index contributed by atoms with van der Waals surface area (Å²) in [6.45, 7) is 2.11. The van der Waals surface area contributed by atoms with Crippen LogP contribution in [-0.2, 0) is 24.1 Å². The van der Waals surface area contributed by atoms with Gasteiger partial charge in [-0.15, -0.1) is 11.3 Å². The fraction of sp³-hybridized carbons (Fsp3) is 0.250. The van der Waals surface area contributed by atoms with Crippen LogP contribution in [0.15, 0.2) is 40.5 Å². The number of aromatic nitrogens is 1. The Morgan fingerprint density at radius 3 is 3.00 bits per heavy atom. The Bertz CT molecular complexity index is 728. The van der Waals surface area contributed by atoms with Gasteiger partial charge in [-0.05, 0) is 18.1 Å². The molecule has 0 radical (unpaired) electrons. The maximum Gasteiger partial charge on any atom is 0.144 e. The third-order valence-corrected chi connectivity index (χ3v) is 4.13. The van der Waals surface area contributed by atoms with E-state index in [1.807, 2.05) is 17.5 Å². The van der Waals surface area contributed by atoms with Crippen LogP contribution in [0.3, 0.4) is 0 Å². The lowest BCUT2D eigenvalue weighted by Crippen LogP contribution is -2.05. The van der Waals surface area contributed by atoms with Crippen molar-refractivity contribution in [3.05, 3.63) is 52.2 Å². The van der Waals surface area contributed by atoms with E-state index < -0.39 is 0 Å². The van der Waals surface area contributed by atoms with E-state index in [1.165, 1.54) is 16.9 Å². The summed E-state index contributed by atoms with van der Waals surface area (Å²) in [4.78, 5) is 16.2. The van der Waals surface area contributed by atoms with Gasteiger partial charge in [0.1, 0.15) is 11.4 Å². The summed E-state index contributed by atoms with van der Waals surface area (Å²) in [5, 5.41) is 3.80. The molecular formula is C16H15NO2S. The molecule has 2 heterocycles. The number of aryl methyl sites for hydroxylation is 1. The number of rotatable bonds is 5. The molecule has 0 aliphatic carbocycles. The zero-order chi connectivity index (χ0) is 13.9. The standard InChI is InChI=1S/C16H15NO2S/c1-2-11-3-4-14-12(10-19-15(14)7-11)8-13(18)9-16-17-5-6-20-16/h3-7,10H,2,8-9H2,1H3. The highest BCUT2D eigenvalue weighted by atomic mass is 32.1. The number of carbonyl (C=O) groups is 1. The molecule has 0 fully saturated rings. The molecule has 3 nitrogen and oxygen atoms in total. The van der Waals surface area contributed by atoms with Crippen molar-refractivity contribution >= 4 is 28.1 Å². The van der Waals surface area contributed by atoms with Crippen molar-refractivity contribution in [1.29, 1.82) is 0 Å². The lowest BCUT2D eigenvalue weighted by Gasteiger charge is -1.99. The largest absolute Gasteiger partial charge is 0.464 e. The van der Waals surface area contributed by atoms with Crippen LogP contribution in [0.1, 0.15) is 23.1 Å². The number of fused-ring (bicyclic) bond motifs is 1. The van der Waals surface area contributed by atoms with E-state index in [0.717, 1.165) is 28.0 Å². The third kappa shape index (κ3) is 2.65. The van der Waals surface area contributed by atoms with E-state index in [4.69, 9.17) is 4.42 Å². The molecule has 0 unspecified atom stereocenters. The van der Waals surface area contributed by atoms with Gasteiger partial charge in [-0.1, -0.05) is 19.1 Å². The fourth-order valence-corrected chi connectivity index (χ4v) is 2.91. The summed E-state index contributed by atoms with van der Waals surface area (Å²) in [7, 11) is 0. The summed E-state index contributed by atoms with van der Waals surface area (Å²) in [5.74, 6) is 0.169. The molecular weight excluding hydrogens is 270 g/mol. The number of Topliss-reactive ketones (excluding diaryl/α,β-unsaturated/α-hetero) is 1. The SMILES string of the molecule is CCc1ccc2c(CC(=O)Cc3nccs3)coc2c1. The van der Waals surface area contributed by atoms with Crippen molar-refractivity contribution in [2.24, 2.45) is 0 Å². The summed E-state index contributed by atoms with van der Waals surface area (Å²) in [5.41, 5.74) is 3.07. The summed E-state index contributed by atoms with van der Waals surface area (Å²) in [6.07, 6.45) is 5.21. The number of hydrogen-bond acceptors (Lipinski definition) is 4. The van der Waals surface area contributed by atoms with E-state index in [1.54, 1.807) is 12.5 Å². The molecule has 20 heavy (non-hydrogen) atoms. The second-order valence-corrected chi connectivity index (χ2v) is 5.74. The zero-order valence-corrected chi connectivity index (χ0v) is 12.1. The minimum Gasteiger partial charge on any atom is -0.464 e. The zero-order valence-electron chi connectivity index (χ0n) is 11.3. The molecule has 0 aliphatic heterocycles. The first-order chi connectivity index (χ1) is 9.76. The van der Waals surface area contributed by atoms with Gasteiger partial charge in [-0.2, -0.15) is 0 Å². The van der Waals surface area contributed by atoms with Crippen LogP contribution < -0.4 is 0 Å². The molecule has 3 aromatic rings. The van der Waals surface area contributed by atoms with E-state index in [-0.39, 0.29) is 5.78 Å². The Morgan fingerprint density at radius 2 is 2.25 bits per heavy atom. The van der Waals surface area contributed by atoms with Crippen molar-refractivity contribution in [1.82, 2.24) is 4.98 Å². The molecule has 0 bridgehead atoms. The predicted molar refractivity (Wildman–Crippen MR) is 80.1 cm³/mol. The van der Waals surface area contributed by atoms with Crippen molar-refractivity contribution in [2.45, 2.75) is 26.2 Å². The van der Waals surface area contributed by atoms with E-state index in [2.05, 4.69) is 18.0 Å². The van der Waals surface area contributed by atoms with Gasteiger partial charge in [-0.3, -0.25) is 4.79 Å². The van der Waals surface area contributed by atoms with Crippen molar-refractivity contribution in [3.8, 4) is 0 Å². The van der Waals surface area contributed by atoms with Crippen LogP contribution >= 0.6 is 11.3 Å². The Balaban J connectivity index is 1.79. The maximum atomic E-state index is 12.1. The quantitative estimate of drug-likeness (QED) is 0.716. The first-order valence-corrected chi connectivity index (χ1v) is 7.53. The molecule has 0 atom stereocenters. The first-order valence-electron chi connectivity index (χ1n) is 6.65. The van der Waals surface area contributed by atoms with E-state index in [0.29, 0.717) is 12.8 Å². The van der Waals surface area contributed by atoms with E-state index >= 15 is 0 Å². The van der Waals surface area contributed by atoms with Crippen LogP contribution in [-0.4, -0.2) is 10.8 Å². The van der Waals surface area contributed by atoms with Gasteiger partial charge >= 0.3 is 0 Å². The molecule has 0 N–H and O–H groups in total. The molecule has 3 rings (SSSR count). The minimum atomic E-state index is 0.169. The van der Waals surface area contributed by atoms with Crippen LogP contribution in [0, 0.1) is 0 Å². The Morgan fingerprint density at radius 1 is 1.35 bits per heavy atom. The van der Waals surface area contributed by atoms with Gasteiger partial charge < -0.3 is 4.42 Å². The normalized spacial score (nSPS) is 11.1. The average Bonchev–Trinajstić information content (AvgIpc) is 3.08. The van der Waals surface area contributed by atoms with Crippen molar-refractivity contribution in [3.63, 3.8) is 0 Å². The van der Waals surface area contributed by atoms with E-state index in [9.17, 15) is 4.79 Å². The Kier molecular flexibility index (Phi) is 3.65. The van der Waals surface area contributed by atoms with Crippen LogP contribution in [0.5, 0.6) is 0 Å². The number of furan rings is 1. The summed E-state index contributed by atoms with van der Waals surface area (Å²) in [6, 6.07) is 6.18. The number of benzene rings is 1. The van der Waals surface area contributed by atoms with Crippen molar-refractivity contribution in [2.75, 3.05) is 0 Å². The van der Waals surface area contributed by atoms with Crippen LogP contribution in [0.2, 0.25) is 0 Å². The predicted octanol–water partition coefficient (Wildman–Crippen LogP) is 3.81. The third-order valence-electron chi connectivity index (χ3n) is 3.35. The number of ketones is 1. The molecule has 2 aromatic heterocycles. The minimum absolute atomic E-state index is 0.169. The number of nitrogens with zero attached hydrogens (tertiary/aromatic N) is 1. The van der Waals surface area contributed by atoms with Crippen LogP contribution in [0.4, 0.5) is 0 Å².